The van der Waals surface area contributed by atoms with E-state index in [0.29, 0.717) is 10.6 Å². The van der Waals surface area contributed by atoms with Crippen LogP contribution in [0, 0.1) is 0 Å². The molecule has 0 saturated heterocycles. The van der Waals surface area contributed by atoms with Crippen molar-refractivity contribution in [3.63, 3.8) is 0 Å². The lowest BCUT2D eigenvalue weighted by Gasteiger charge is -2.14. The van der Waals surface area contributed by atoms with Crippen LogP contribution in [0.3, 0.4) is 0 Å². The van der Waals surface area contributed by atoms with Crippen molar-refractivity contribution in [2.24, 2.45) is 0 Å². The third-order valence-electron chi connectivity index (χ3n) is 2.79. The number of carbonyl (C=O) groups is 1. The second-order valence-electron chi connectivity index (χ2n) is 4.52. The average Bonchev–Trinajstić information content (AvgIpc) is 2.41. The second-order valence-corrected chi connectivity index (χ2v) is 5.85. The summed E-state index contributed by atoms with van der Waals surface area (Å²) in [6, 6.07) is 12.8. The quantitative estimate of drug-likeness (QED) is 0.886. The number of rotatable bonds is 3. The molecular formula is C15H14BrClN2O. The summed E-state index contributed by atoms with van der Waals surface area (Å²) < 4.78 is 0.814. The van der Waals surface area contributed by atoms with Crippen LogP contribution < -0.4 is 10.2 Å². The van der Waals surface area contributed by atoms with Crippen molar-refractivity contribution >= 4 is 44.8 Å². The van der Waals surface area contributed by atoms with E-state index in [2.05, 4.69) is 21.2 Å². The number of benzene rings is 2. The molecule has 0 heterocycles. The summed E-state index contributed by atoms with van der Waals surface area (Å²) in [7, 11) is 3.90. The topological polar surface area (TPSA) is 32.3 Å². The zero-order chi connectivity index (χ0) is 14.7. The maximum Gasteiger partial charge on any atom is 0.257 e. The number of amides is 1. The molecule has 0 unspecified atom stereocenters. The Balaban J connectivity index is 2.23. The molecule has 0 atom stereocenters. The molecule has 0 aliphatic heterocycles. The third-order valence-corrected chi connectivity index (χ3v) is 3.62. The maximum atomic E-state index is 12.2. The largest absolute Gasteiger partial charge is 0.378 e. The van der Waals surface area contributed by atoms with Crippen LogP contribution in [0.5, 0.6) is 0 Å². The molecule has 0 radical (unpaired) electrons. The first-order valence-electron chi connectivity index (χ1n) is 6.01. The van der Waals surface area contributed by atoms with Gasteiger partial charge in [0.25, 0.3) is 5.91 Å². The summed E-state index contributed by atoms with van der Waals surface area (Å²) in [4.78, 5) is 14.2. The molecule has 1 N–H and O–H groups in total. The monoisotopic (exact) mass is 352 g/mol. The number of hydrogen-bond donors (Lipinski definition) is 1. The van der Waals surface area contributed by atoms with Crippen LogP contribution in [-0.2, 0) is 0 Å². The molecule has 1 amide bonds. The molecule has 0 aromatic heterocycles. The zero-order valence-corrected chi connectivity index (χ0v) is 13.5. The average molecular weight is 354 g/mol. The molecule has 2 rings (SSSR count). The Hall–Kier alpha value is -1.52. The van der Waals surface area contributed by atoms with Gasteiger partial charge in [-0.25, -0.2) is 0 Å². The van der Waals surface area contributed by atoms with Gasteiger partial charge >= 0.3 is 0 Å². The molecule has 0 bridgehead atoms. The van der Waals surface area contributed by atoms with E-state index < -0.39 is 0 Å². The highest BCUT2D eigenvalue weighted by Gasteiger charge is 2.11. The fourth-order valence-electron chi connectivity index (χ4n) is 1.73. The first-order chi connectivity index (χ1) is 9.47. The van der Waals surface area contributed by atoms with Gasteiger partial charge in [0.1, 0.15) is 0 Å². The minimum atomic E-state index is -0.229. The molecule has 0 aliphatic rings. The summed E-state index contributed by atoms with van der Waals surface area (Å²) >= 11 is 9.38. The molecule has 0 aliphatic carbocycles. The Labute approximate surface area is 131 Å². The lowest BCUT2D eigenvalue weighted by Crippen LogP contribution is -2.14. The first-order valence-corrected chi connectivity index (χ1v) is 7.18. The highest BCUT2D eigenvalue weighted by molar-refractivity contribution is 9.10. The zero-order valence-electron chi connectivity index (χ0n) is 11.2. The Morgan fingerprint density at radius 3 is 2.65 bits per heavy atom. The van der Waals surface area contributed by atoms with Crippen LogP contribution in [0.25, 0.3) is 0 Å². The number of anilines is 2. The predicted molar refractivity (Wildman–Crippen MR) is 87.9 cm³/mol. The molecule has 3 nitrogen and oxygen atoms in total. The standard InChI is InChI=1S/C15H14BrClN2O/c1-19(2)12-5-3-4-11(9-12)18-15(20)13-8-10(16)6-7-14(13)17/h3-9H,1-2H3,(H,18,20). The minimum absolute atomic E-state index is 0.229. The molecule has 0 spiro atoms. The lowest BCUT2D eigenvalue weighted by molar-refractivity contribution is 0.102. The number of halogens is 2. The fourth-order valence-corrected chi connectivity index (χ4v) is 2.30. The Kier molecular flexibility index (Phi) is 4.68. The first kappa shape index (κ1) is 14.9. The second kappa shape index (κ2) is 6.29. The van der Waals surface area contributed by atoms with Gasteiger partial charge in [0.15, 0.2) is 0 Å². The smallest absolute Gasteiger partial charge is 0.257 e. The number of hydrogen-bond acceptors (Lipinski definition) is 2. The Bertz CT molecular complexity index is 644. The van der Waals surface area contributed by atoms with Crippen molar-refractivity contribution in [2.45, 2.75) is 0 Å². The van der Waals surface area contributed by atoms with E-state index in [1.54, 1.807) is 18.2 Å². The van der Waals surface area contributed by atoms with E-state index in [4.69, 9.17) is 11.6 Å². The van der Waals surface area contributed by atoms with Gasteiger partial charge in [-0.1, -0.05) is 33.6 Å². The Morgan fingerprint density at radius 1 is 1.20 bits per heavy atom. The highest BCUT2D eigenvalue weighted by atomic mass is 79.9. The van der Waals surface area contributed by atoms with Gasteiger partial charge in [0.05, 0.1) is 10.6 Å². The van der Waals surface area contributed by atoms with Gasteiger partial charge in [-0.3, -0.25) is 4.79 Å². The van der Waals surface area contributed by atoms with Gasteiger partial charge in [0.2, 0.25) is 0 Å². The van der Waals surface area contributed by atoms with Crippen molar-refractivity contribution < 1.29 is 4.79 Å². The van der Waals surface area contributed by atoms with Gasteiger partial charge < -0.3 is 10.2 Å². The minimum Gasteiger partial charge on any atom is -0.378 e. The van der Waals surface area contributed by atoms with Gasteiger partial charge in [-0.2, -0.15) is 0 Å². The summed E-state index contributed by atoms with van der Waals surface area (Å²) in [5, 5.41) is 3.28. The maximum absolute atomic E-state index is 12.2. The van der Waals surface area contributed by atoms with Crippen LogP contribution in [0.4, 0.5) is 11.4 Å². The summed E-state index contributed by atoms with van der Waals surface area (Å²) in [6.07, 6.45) is 0. The molecule has 0 saturated carbocycles. The van der Waals surface area contributed by atoms with Crippen LogP contribution >= 0.6 is 27.5 Å². The van der Waals surface area contributed by atoms with E-state index in [0.717, 1.165) is 15.8 Å². The van der Waals surface area contributed by atoms with Gasteiger partial charge in [-0.15, -0.1) is 0 Å². The van der Waals surface area contributed by atoms with Crippen LogP contribution in [0.2, 0.25) is 5.02 Å². The van der Waals surface area contributed by atoms with E-state index >= 15 is 0 Å². The molecule has 2 aromatic carbocycles. The summed E-state index contributed by atoms with van der Waals surface area (Å²) in [5.74, 6) is -0.229. The fraction of sp³-hybridized carbons (Fsp3) is 0.133. The van der Waals surface area contributed by atoms with Crippen molar-refractivity contribution in [3.05, 3.63) is 57.5 Å². The molecule has 104 valence electrons. The number of nitrogens with one attached hydrogen (secondary N) is 1. The van der Waals surface area contributed by atoms with E-state index in [1.807, 2.05) is 43.3 Å². The lowest BCUT2D eigenvalue weighted by atomic mass is 10.2. The molecule has 2 aromatic rings. The normalized spacial score (nSPS) is 10.2. The van der Waals surface area contributed by atoms with E-state index in [-0.39, 0.29) is 5.91 Å². The molecular weight excluding hydrogens is 340 g/mol. The third kappa shape index (κ3) is 3.52. The highest BCUT2D eigenvalue weighted by Crippen LogP contribution is 2.23. The van der Waals surface area contributed by atoms with Crippen molar-refractivity contribution in [3.8, 4) is 0 Å². The Morgan fingerprint density at radius 2 is 1.95 bits per heavy atom. The summed E-state index contributed by atoms with van der Waals surface area (Å²) in [6.45, 7) is 0. The van der Waals surface area contributed by atoms with Crippen molar-refractivity contribution in [1.82, 2.24) is 0 Å². The van der Waals surface area contributed by atoms with Crippen molar-refractivity contribution in [1.29, 1.82) is 0 Å². The van der Waals surface area contributed by atoms with Crippen LogP contribution in [-0.4, -0.2) is 20.0 Å². The van der Waals surface area contributed by atoms with E-state index in [1.165, 1.54) is 0 Å². The van der Waals surface area contributed by atoms with Gasteiger partial charge in [-0.05, 0) is 36.4 Å². The number of carbonyl (C=O) groups excluding carboxylic acids is 1. The predicted octanol–water partition coefficient (Wildman–Crippen LogP) is 4.42. The van der Waals surface area contributed by atoms with Crippen molar-refractivity contribution in [2.75, 3.05) is 24.3 Å². The van der Waals surface area contributed by atoms with Crippen LogP contribution in [0.1, 0.15) is 10.4 Å². The molecule has 20 heavy (non-hydrogen) atoms. The SMILES string of the molecule is CN(C)c1cccc(NC(=O)c2cc(Br)ccc2Cl)c1. The molecule has 0 fully saturated rings. The van der Waals surface area contributed by atoms with Gasteiger partial charge in [0, 0.05) is 29.9 Å². The summed E-state index contributed by atoms with van der Waals surface area (Å²) in [5.41, 5.74) is 2.19. The molecule has 5 heteroatoms. The van der Waals surface area contributed by atoms with Crippen LogP contribution in [0.15, 0.2) is 46.9 Å². The number of nitrogens with zero attached hydrogens (tertiary/aromatic N) is 1. The van der Waals surface area contributed by atoms with E-state index in [9.17, 15) is 4.79 Å².